The predicted molar refractivity (Wildman–Crippen MR) is 74.8 cm³/mol. The van der Waals surface area contributed by atoms with Crippen LogP contribution in [0, 0.1) is 0 Å². The second kappa shape index (κ2) is 8.48. The summed E-state index contributed by atoms with van der Waals surface area (Å²) in [6, 6.07) is 4.03. The van der Waals surface area contributed by atoms with Crippen LogP contribution < -0.4 is 4.74 Å². The van der Waals surface area contributed by atoms with E-state index in [1.807, 2.05) is 6.07 Å². The molecule has 0 fully saturated rings. The van der Waals surface area contributed by atoms with Crippen molar-refractivity contribution >= 4 is 15.9 Å². The third-order valence-corrected chi connectivity index (χ3v) is 3.22. The molecule has 0 aromatic carbocycles. The first-order chi connectivity index (χ1) is 8.27. The minimum absolute atomic E-state index is 0.736. The fourth-order valence-corrected chi connectivity index (χ4v) is 2.15. The molecular formula is C13H21BrN2O. The van der Waals surface area contributed by atoms with E-state index in [-0.39, 0.29) is 0 Å². The van der Waals surface area contributed by atoms with Crippen LogP contribution in [0.15, 0.2) is 18.3 Å². The standard InChI is InChI=1S/C13H21BrN2O/c1-16(10-5-3-4-8-14)11-12-7-6-9-15-13(12)17-2/h6-7,9H,3-5,8,10-11H2,1-2H3. The molecule has 17 heavy (non-hydrogen) atoms. The smallest absolute Gasteiger partial charge is 0.217 e. The molecule has 1 aromatic rings. The van der Waals surface area contributed by atoms with E-state index in [0.29, 0.717) is 0 Å². The van der Waals surface area contributed by atoms with Gasteiger partial charge in [-0.2, -0.15) is 0 Å². The molecule has 1 aromatic heterocycles. The van der Waals surface area contributed by atoms with E-state index in [0.717, 1.165) is 29.9 Å². The van der Waals surface area contributed by atoms with Gasteiger partial charge < -0.3 is 9.64 Å². The molecule has 0 saturated heterocycles. The van der Waals surface area contributed by atoms with Crippen LogP contribution in [0.5, 0.6) is 5.88 Å². The SMILES string of the molecule is COc1ncccc1CN(C)CCCCCBr. The summed E-state index contributed by atoms with van der Waals surface area (Å²) in [4.78, 5) is 6.52. The summed E-state index contributed by atoms with van der Waals surface area (Å²) in [5.41, 5.74) is 1.15. The van der Waals surface area contributed by atoms with Crippen molar-refractivity contribution in [2.45, 2.75) is 25.8 Å². The summed E-state index contributed by atoms with van der Waals surface area (Å²) < 4.78 is 5.25. The maximum Gasteiger partial charge on any atom is 0.217 e. The van der Waals surface area contributed by atoms with Gasteiger partial charge >= 0.3 is 0 Å². The molecule has 0 atom stereocenters. The largest absolute Gasteiger partial charge is 0.481 e. The van der Waals surface area contributed by atoms with E-state index in [9.17, 15) is 0 Å². The van der Waals surface area contributed by atoms with Crippen LogP contribution in [0.2, 0.25) is 0 Å². The van der Waals surface area contributed by atoms with Gasteiger partial charge in [0.15, 0.2) is 0 Å². The number of halogens is 1. The summed E-state index contributed by atoms with van der Waals surface area (Å²) >= 11 is 3.45. The molecule has 0 amide bonds. The van der Waals surface area contributed by atoms with Gasteiger partial charge in [-0.25, -0.2) is 4.98 Å². The molecule has 1 rings (SSSR count). The van der Waals surface area contributed by atoms with Crippen molar-refractivity contribution in [3.05, 3.63) is 23.9 Å². The van der Waals surface area contributed by atoms with Crippen LogP contribution in [0.1, 0.15) is 24.8 Å². The normalized spacial score (nSPS) is 10.8. The molecule has 96 valence electrons. The van der Waals surface area contributed by atoms with E-state index in [1.54, 1.807) is 13.3 Å². The third-order valence-electron chi connectivity index (χ3n) is 2.66. The highest BCUT2D eigenvalue weighted by Crippen LogP contribution is 2.15. The lowest BCUT2D eigenvalue weighted by Gasteiger charge is -2.17. The molecular weight excluding hydrogens is 280 g/mol. The quantitative estimate of drug-likeness (QED) is 0.545. The Morgan fingerprint density at radius 3 is 2.88 bits per heavy atom. The van der Waals surface area contributed by atoms with Gasteiger partial charge in [-0.15, -0.1) is 0 Å². The topological polar surface area (TPSA) is 25.4 Å². The van der Waals surface area contributed by atoms with Gasteiger partial charge in [0.2, 0.25) is 5.88 Å². The van der Waals surface area contributed by atoms with E-state index >= 15 is 0 Å². The van der Waals surface area contributed by atoms with Crippen molar-refractivity contribution in [3.8, 4) is 5.88 Å². The summed E-state index contributed by atoms with van der Waals surface area (Å²) in [7, 11) is 3.81. The van der Waals surface area contributed by atoms with Crippen LogP contribution in [-0.2, 0) is 6.54 Å². The van der Waals surface area contributed by atoms with Gasteiger partial charge in [-0.1, -0.05) is 28.4 Å². The highest BCUT2D eigenvalue weighted by atomic mass is 79.9. The van der Waals surface area contributed by atoms with Crippen LogP contribution in [0.4, 0.5) is 0 Å². The molecule has 0 bridgehead atoms. The minimum atomic E-state index is 0.736. The summed E-state index contributed by atoms with van der Waals surface area (Å²) in [5.74, 6) is 0.736. The molecule has 0 aliphatic carbocycles. The zero-order valence-electron chi connectivity index (χ0n) is 10.7. The molecule has 0 saturated carbocycles. The molecule has 0 spiro atoms. The van der Waals surface area contributed by atoms with Gasteiger partial charge in [0.05, 0.1) is 7.11 Å². The lowest BCUT2D eigenvalue weighted by atomic mass is 10.2. The van der Waals surface area contributed by atoms with Gasteiger partial charge in [0.1, 0.15) is 0 Å². The van der Waals surface area contributed by atoms with E-state index in [2.05, 4.69) is 38.9 Å². The molecule has 3 nitrogen and oxygen atoms in total. The first-order valence-corrected chi connectivity index (χ1v) is 7.12. The average molecular weight is 301 g/mol. The van der Waals surface area contributed by atoms with Crippen molar-refractivity contribution in [2.75, 3.05) is 26.0 Å². The van der Waals surface area contributed by atoms with Crippen LogP contribution in [-0.4, -0.2) is 35.9 Å². The van der Waals surface area contributed by atoms with Crippen LogP contribution in [0.3, 0.4) is 0 Å². The average Bonchev–Trinajstić information content (AvgIpc) is 2.35. The zero-order chi connectivity index (χ0) is 12.5. The number of ether oxygens (including phenoxy) is 1. The number of alkyl halides is 1. The molecule has 0 radical (unpaired) electrons. The number of unbranched alkanes of at least 4 members (excludes halogenated alkanes) is 2. The Hall–Kier alpha value is -0.610. The monoisotopic (exact) mass is 300 g/mol. The van der Waals surface area contributed by atoms with Crippen molar-refractivity contribution in [2.24, 2.45) is 0 Å². The maximum absolute atomic E-state index is 5.25. The van der Waals surface area contributed by atoms with Crippen LogP contribution in [0.25, 0.3) is 0 Å². The lowest BCUT2D eigenvalue weighted by Crippen LogP contribution is -2.19. The lowest BCUT2D eigenvalue weighted by molar-refractivity contribution is 0.307. The Balaban J connectivity index is 2.36. The van der Waals surface area contributed by atoms with Gasteiger partial charge in [-0.05, 0) is 32.5 Å². The van der Waals surface area contributed by atoms with E-state index < -0.39 is 0 Å². The van der Waals surface area contributed by atoms with Gasteiger partial charge in [-0.3, -0.25) is 0 Å². The summed E-state index contributed by atoms with van der Waals surface area (Å²) in [6.45, 7) is 2.01. The minimum Gasteiger partial charge on any atom is -0.481 e. The number of methoxy groups -OCH3 is 1. The summed E-state index contributed by atoms with van der Waals surface area (Å²) in [5, 5.41) is 1.10. The molecule has 0 aliphatic rings. The first kappa shape index (κ1) is 14.5. The molecule has 0 unspecified atom stereocenters. The van der Waals surface area contributed by atoms with Crippen molar-refractivity contribution in [1.29, 1.82) is 0 Å². The second-order valence-electron chi connectivity index (χ2n) is 4.16. The second-order valence-corrected chi connectivity index (χ2v) is 4.95. The Bertz CT molecular complexity index is 320. The van der Waals surface area contributed by atoms with E-state index in [1.165, 1.54) is 19.3 Å². The van der Waals surface area contributed by atoms with Crippen molar-refractivity contribution < 1.29 is 4.74 Å². The fraction of sp³-hybridized carbons (Fsp3) is 0.615. The van der Waals surface area contributed by atoms with E-state index in [4.69, 9.17) is 4.74 Å². The van der Waals surface area contributed by atoms with Gasteiger partial charge in [0, 0.05) is 23.6 Å². The van der Waals surface area contributed by atoms with Crippen LogP contribution >= 0.6 is 15.9 Å². The van der Waals surface area contributed by atoms with Crippen molar-refractivity contribution in [1.82, 2.24) is 9.88 Å². The predicted octanol–water partition coefficient (Wildman–Crippen LogP) is 3.09. The third kappa shape index (κ3) is 5.50. The highest BCUT2D eigenvalue weighted by Gasteiger charge is 2.06. The highest BCUT2D eigenvalue weighted by molar-refractivity contribution is 9.09. The Labute approximate surface area is 112 Å². The first-order valence-electron chi connectivity index (χ1n) is 6.00. The number of rotatable bonds is 8. The molecule has 0 N–H and O–H groups in total. The number of aromatic nitrogens is 1. The fourth-order valence-electron chi connectivity index (χ4n) is 1.75. The zero-order valence-corrected chi connectivity index (χ0v) is 12.2. The Morgan fingerprint density at radius 1 is 1.35 bits per heavy atom. The number of nitrogens with zero attached hydrogens (tertiary/aromatic N) is 2. The maximum atomic E-state index is 5.25. The molecule has 1 heterocycles. The van der Waals surface area contributed by atoms with Crippen molar-refractivity contribution in [3.63, 3.8) is 0 Å². The molecule has 4 heteroatoms. The Kier molecular flexibility index (Phi) is 7.21. The molecule has 0 aliphatic heterocycles. The Morgan fingerprint density at radius 2 is 2.18 bits per heavy atom. The number of hydrogen-bond donors (Lipinski definition) is 0. The number of pyridine rings is 1. The number of hydrogen-bond acceptors (Lipinski definition) is 3. The summed E-state index contributed by atoms with van der Waals surface area (Å²) in [6.07, 6.45) is 5.53. The van der Waals surface area contributed by atoms with Gasteiger partial charge in [0.25, 0.3) is 0 Å².